The molecule has 3 aromatic rings. The molecule has 0 radical (unpaired) electrons. The zero-order chi connectivity index (χ0) is 16.0. The van der Waals surface area contributed by atoms with E-state index in [2.05, 4.69) is 60.7 Å². The minimum absolute atomic E-state index is 0.649. The summed E-state index contributed by atoms with van der Waals surface area (Å²) in [4.78, 5) is 6.95. The van der Waals surface area contributed by atoms with Crippen LogP contribution in [0.15, 0.2) is 40.9 Å². The summed E-state index contributed by atoms with van der Waals surface area (Å²) in [5.41, 5.74) is 3.30. The number of nitrogens with zero attached hydrogens (tertiary/aromatic N) is 3. The van der Waals surface area contributed by atoms with Crippen molar-refractivity contribution in [3.05, 3.63) is 59.4 Å². The van der Waals surface area contributed by atoms with Crippen molar-refractivity contribution in [1.29, 1.82) is 0 Å². The fourth-order valence-corrected chi connectivity index (χ4v) is 3.27. The summed E-state index contributed by atoms with van der Waals surface area (Å²) >= 11 is 0. The first kappa shape index (κ1) is 14.5. The predicted molar refractivity (Wildman–Crippen MR) is 90.3 cm³/mol. The molecule has 0 aliphatic heterocycles. The second-order valence-corrected chi connectivity index (χ2v) is 6.92. The second kappa shape index (κ2) is 5.53. The molecule has 2 unspecified atom stereocenters. The van der Waals surface area contributed by atoms with E-state index in [4.69, 9.17) is 9.40 Å². The number of aromatic nitrogens is 2. The third kappa shape index (κ3) is 2.91. The lowest BCUT2D eigenvalue weighted by molar-refractivity contribution is 0.281. The van der Waals surface area contributed by atoms with E-state index < -0.39 is 0 Å². The van der Waals surface area contributed by atoms with E-state index in [1.165, 1.54) is 12.1 Å². The van der Waals surface area contributed by atoms with Crippen LogP contribution in [0.3, 0.4) is 0 Å². The first-order valence-corrected chi connectivity index (χ1v) is 8.31. The van der Waals surface area contributed by atoms with E-state index >= 15 is 0 Å². The maximum Gasteiger partial charge on any atom is 0.137 e. The first-order chi connectivity index (χ1) is 11.1. The topological polar surface area (TPSA) is 33.7 Å². The largest absolute Gasteiger partial charge is 0.464 e. The Labute approximate surface area is 136 Å². The second-order valence-electron chi connectivity index (χ2n) is 6.92. The normalized spacial score (nSPS) is 20.5. The number of aryl methyl sites for hydroxylation is 1. The Morgan fingerprint density at radius 3 is 2.83 bits per heavy atom. The Kier molecular flexibility index (Phi) is 3.49. The van der Waals surface area contributed by atoms with Crippen LogP contribution in [0.25, 0.3) is 5.65 Å². The molecule has 0 spiro atoms. The van der Waals surface area contributed by atoms with Crippen LogP contribution in [0.4, 0.5) is 0 Å². The van der Waals surface area contributed by atoms with Crippen molar-refractivity contribution in [1.82, 2.24) is 14.3 Å². The van der Waals surface area contributed by atoms with Crippen molar-refractivity contribution in [2.45, 2.75) is 39.3 Å². The summed E-state index contributed by atoms with van der Waals surface area (Å²) in [5.74, 6) is 3.63. The lowest BCUT2D eigenvalue weighted by Crippen LogP contribution is -2.17. The SMILES string of the molecule is Cc1cccc2nc(CN(C)Cc3ccc(C4CC4C)o3)cn12. The van der Waals surface area contributed by atoms with Gasteiger partial charge < -0.3 is 8.82 Å². The number of imidazole rings is 1. The first-order valence-electron chi connectivity index (χ1n) is 8.31. The summed E-state index contributed by atoms with van der Waals surface area (Å²) in [5, 5.41) is 0. The lowest BCUT2D eigenvalue weighted by Gasteiger charge is -2.13. The average Bonchev–Trinajstić information content (AvgIpc) is 2.91. The molecule has 1 aliphatic carbocycles. The molecule has 0 saturated heterocycles. The molecule has 3 heterocycles. The molecule has 3 aromatic heterocycles. The summed E-state index contributed by atoms with van der Waals surface area (Å²) in [7, 11) is 2.11. The smallest absolute Gasteiger partial charge is 0.137 e. The minimum Gasteiger partial charge on any atom is -0.464 e. The van der Waals surface area contributed by atoms with Crippen LogP contribution in [-0.4, -0.2) is 21.3 Å². The number of fused-ring (bicyclic) bond motifs is 1. The van der Waals surface area contributed by atoms with E-state index in [0.717, 1.165) is 41.9 Å². The molecule has 4 heteroatoms. The Hall–Kier alpha value is -2.07. The number of rotatable bonds is 5. The van der Waals surface area contributed by atoms with Gasteiger partial charge in [0, 0.05) is 24.4 Å². The van der Waals surface area contributed by atoms with Crippen molar-refractivity contribution in [2.75, 3.05) is 7.05 Å². The van der Waals surface area contributed by atoms with E-state index in [1.54, 1.807) is 0 Å². The summed E-state index contributed by atoms with van der Waals surface area (Å²) in [6, 6.07) is 10.5. The molecular formula is C19H23N3O. The molecule has 2 atom stereocenters. The number of hydrogen-bond acceptors (Lipinski definition) is 3. The highest BCUT2D eigenvalue weighted by atomic mass is 16.3. The minimum atomic E-state index is 0.649. The zero-order valence-electron chi connectivity index (χ0n) is 14.0. The van der Waals surface area contributed by atoms with Gasteiger partial charge in [-0.15, -0.1) is 0 Å². The van der Waals surface area contributed by atoms with Gasteiger partial charge in [0.25, 0.3) is 0 Å². The standard InChI is InChI=1S/C19H23N3O/c1-13-9-17(13)18-8-7-16(23-18)12-21(3)10-15-11-22-14(2)5-4-6-19(22)20-15/h4-8,11,13,17H,9-10,12H2,1-3H3. The molecule has 1 aliphatic rings. The van der Waals surface area contributed by atoms with Gasteiger partial charge in [-0.25, -0.2) is 4.98 Å². The van der Waals surface area contributed by atoms with Crippen LogP contribution in [0.2, 0.25) is 0 Å². The van der Waals surface area contributed by atoms with Crippen LogP contribution in [-0.2, 0) is 13.1 Å². The van der Waals surface area contributed by atoms with Gasteiger partial charge in [-0.3, -0.25) is 4.90 Å². The van der Waals surface area contributed by atoms with Gasteiger partial charge in [0.05, 0.1) is 12.2 Å². The quantitative estimate of drug-likeness (QED) is 0.714. The highest BCUT2D eigenvalue weighted by Crippen LogP contribution is 2.47. The molecule has 0 amide bonds. The van der Waals surface area contributed by atoms with Gasteiger partial charge in [0.2, 0.25) is 0 Å². The molecule has 0 N–H and O–H groups in total. The fourth-order valence-electron chi connectivity index (χ4n) is 3.27. The van der Waals surface area contributed by atoms with Crippen LogP contribution in [0.1, 0.15) is 42.2 Å². The van der Waals surface area contributed by atoms with E-state index in [1.807, 2.05) is 6.07 Å². The van der Waals surface area contributed by atoms with E-state index in [9.17, 15) is 0 Å². The summed E-state index contributed by atoms with van der Waals surface area (Å²) in [6.45, 7) is 6.01. The molecule has 1 fully saturated rings. The van der Waals surface area contributed by atoms with Gasteiger partial charge in [0.1, 0.15) is 17.2 Å². The fraction of sp³-hybridized carbons (Fsp3) is 0.421. The van der Waals surface area contributed by atoms with Crippen LogP contribution in [0, 0.1) is 12.8 Å². The third-order valence-corrected chi connectivity index (χ3v) is 4.76. The highest BCUT2D eigenvalue weighted by molar-refractivity contribution is 5.41. The van der Waals surface area contributed by atoms with E-state index in [-0.39, 0.29) is 0 Å². The Morgan fingerprint density at radius 1 is 1.26 bits per heavy atom. The molecule has 0 bridgehead atoms. The Balaban J connectivity index is 1.43. The van der Waals surface area contributed by atoms with Gasteiger partial charge in [0.15, 0.2) is 0 Å². The Bertz CT molecular complexity index is 832. The van der Waals surface area contributed by atoms with Crippen molar-refractivity contribution < 1.29 is 4.42 Å². The average molecular weight is 309 g/mol. The molecule has 0 aromatic carbocycles. The molecule has 4 nitrogen and oxygen atoms in total. The maximum absolute atomic E-state index is 6.00. The summed E-state index contributed by atoms with van der Waals surface area (Å²) in [6.07, 6.45) is 3.39. The molecule has 1 saturated carbocycles. The lowest BCUT2D eigenvalue weighted by atomic mass is 10.3. The molecule has 4 rings (SSSR count). The number of furan rings is 1. The molecule has 120 valence electrons. The number of pyridine rings is 1. The van der Waals surface area contributed by atoms with Gasteiger partial charge in [-0.05, 0) is 50.6 Å². The maximum atomic E-state index is 6.00. The molecular weight excluding hydrogens is 286 g/mol. The van der Waals surface area contributed by atoms with Crippen molar-refractivity contribution >= 4 is 5.65 Å². The van der Waals surface area contributed by atoms with Gasteiger partial charge in [-0.2, -0.15) is 0 Å². The van der Waals surface area contributed by atoms with Crippen LogP contribution < -0.4 is 0 Å². The van der Waals surface area contributed by atoms with E-state index in [0.29, 0.717) is 5.92 Å². The highest BCUT2D eigenvalue weighted by Gasteiger charge is 2.36. The van der Waals surface area contributed by atoms with Gasteiger partial charge in [-0.1, -0.05) is 13.0 Å². The Morgan fingerprint density at radius 2 is 2.09 bits per heavy atom. The molecule has 23 heavy (non-hydrogen) atoms. The zero-order valence-corrected chi connectivity index (χ0v) is 14.0. The van der Waals surface area contributed by atoms with Crippen LogP contribution >= 0.6 is 0 Å². The number of hydrogen-bond donors (Lipinski definition) is 0. The van der Waals surface area contributed by atoms with Gasteiger partial charge >= 0.3 is 0 Å². The third-order valence-electron chi connectivity index (χ3n) is 4.76. The van der Waals surface area contributed by atoms with Crippen molar-refractivity contribution in [3.63, 3.8) is 0 Å². The predicted octanol–water partition coefficient (Wildman–Crippen LogP) is 3.99. The van der Waals surface area contributed by atoms with Crippen LogP contribution in [0.5, 0.6) is 0 Å². The van der Waals surface area contributed by atoms with Crippen molar-refractivity contribution in [3.8, 4) is 0 Å². The monoisotopic (exact) mass is 309 g/mol. The summed E-state index contributed by atoms with van der Waals surface area (Å²) < 4.78 is 8.14. The van der Waals surface area contributed by atoms with Crippen molar-refractivity contribution in [2.24, 2.45) is 5.92 Å².